The maximum Gasteiger partial charge on any atom is 0.262 e. The van der Waals surface area contributed by atoms with Crippen LogP contribution in [0.5, 0.6) is 5.75 Å². The molecule has 2 saturated heterocycles. The summed E-state index contributed by atoms with van der Waals surface area (Å²) in [5.41, 5.74) is 6.67. The van der Waals surface area contributed by atoms with E-state index in [1.54, 1.807) is 19.5 Å². The first-order valence-electron chi connectivity index (χ1n) is 18.4. The lowest BCUT2D eigenvalue weighted by Crippen LogP contribution is -2.36. The molecule has 2 amide bonds. The molecule has 14 heteroatoms. The summed E-state index contributed by atoms with van der Waals surface area (Å²) in [7, 11) is 1.63. The predicted octanol–water partition coefficient (Wildman–Crippen LogP) is 6.95. The van der Waals surface area contributed by atoms with E-state index in [2.05, 4.69) is 26.3 Å². The van der Waals surface area contributed by atoms with Gasteiger partial charge in [-0.1, -0.05) is 71.2 Å². The van der Waals surface area contributed by atoms with Crippen molar-refractivity contribution in [3.05, 3.63) is 116 Å². The molecule has 2 atom stereocenters. The topological polar surface area (TPSA) is 139 Å². The molecule has 0 spiro atoms. The minimum Gasteiger partial charge on any atom is -0.496 e. The van der Waals surface area contributed by atoms with Crippen LogP contribution in [0.15, 0.2) is 83.9 Å². The molecular formula is C42H38Cl3N7O4. The van der Waals surface area contributed by atoms with Gasteiger partial charge in [0.15, 0.2) is 0 Å². The molecule has 11 nitrogen and oxygen atoms in total. The highest BCUT2D eigenvalue weighted by Gasteiger charge is 2.23. The summed E-state index contributed by atoms with van der Waals surface area (Å²) >= 11 is 21.2. The van der Waals surface area contributed by atoms with Crippen molar-refractivity contribution in [3.8, 4) is 39.3 Å². The van der Waals surface area contributed by atoms with Crippen LogP contribution in [0.25, 0.3) is 50.1 Å². The van der Waals surface area contributed by atoms with Crippen LogP contribution < -0.4 is 31.6 Å². The Morgan fingerprint density at radius 1 is 0.786 bits per heavy atom. The van der Waals surface area contributed by atoms with Gasteiger partial charge in [0.2, 0.25) is 11.8 Å². The molecule has 2 aliphatic heterocycles. The van der Waals surface area contributed by atoms with Crippen molar-refractivity contribution in [1.82, 2.24) is 35.6 Å². The number of hydrogen-bond acceptors (Lipinski definition) is 8. The number of halogens is 3. The lowest BCUT2D eigenvalue weighted by atomic mass is 9.97. The molecule has 6 aromatic rings. The predicted molar refractivity (Wildman–Crippen MR) is 220 cm³/mol. The van der Waals surface area contributed by atoms with Crippen LogP contribution in [0.1, 0.15) is 36.8 Å². The van der Waals surface area contributed by atoms with E-state index in [1.807, 2.05) is 66.7 Å². The Morgan fingerprint density at radius 2 is 1.41 bits per heavy atom. The third kappa shape index (κ3) is 7.57. The van der Waals surface area contributed by atoms with Gasteiger partial charge in [-0.15, -0.1) is 0 Å². The second-order valence-corrected chi connectivity index (χ2v) is 15.2. The number of rotatable bonds is 12. The first kappa shape index (κ1) is 37.9. The number of nitrogens with one attached hydrogen (secondary N) is 4. The van der Waals surface area contributed by atoms with Gasteiger partial charge in [0.25, 0.3) is 5.56 Å². The van der Waals surface area contributed by atoms with E-state index < -0.39 is 0 Å². The van der Waals surface area contributed by atoms with E-state index in [0.717, 1.165) is 46.0 Å². The Bertz CT molecular complexity index is 2580. The molecule has 4 N–H and O–H groups in total. The molecule has 56 heavy (non-hydrogen) atoms. The normalized spacial score (nSPS) is 16.8. The van der Waals surface area contributed by atoms with Crippen LogP contribution in [0, 0.1) is 0 Å². The molecule has 0 saturated carbocycles. The van der Waals surface area contributed by atoms with E-state index in [1.165, 1.54) is 4.40 Å². The van der Waals surface area contributed by atoms with Crippen molar-refractivity contribution in [2.45, 2.75) is 50.9 Å². The molecule has 2 aliphatic rings. The molecule has 2 fully saturated rings. The number of hydrogen-bond donors (Lipinski definition) is 4. The highest BCUT2D eigenvalue weighted by molar-refractivity contribution is 6.39. The van der Waals surface area contributed by atoms with Crippen LogP contribution in [-0.4, -0.2) is 58.5 Å². The molecule has 286 valence electrons. The highest BCUT2D eigenvalue weighted by atomic mass is 35.5. The van der Waals surface area contributed by atoms with Gasteiger partial charge in [0, 0.05) is 102 Å². The van der Waals surface area contributed by atoms with E-state index in [4.69, 9.17) is 44.5 Å². The SMILES string of the molecule is COc1c(CNC[C@@H]2CCC(=O)N2)cc(Cl)c2nc(-c3cccc(-c4cccc(-c5ccn6c(=O)c(CNC[C@H]7CCC(=O)N7)cnc6c5)c4Cl)c3Cl)ccc12. The maximum atomic E-state index is 13.3. The fraction of sp³-hybridized carbons (Fsp3) is 0.262. The van der Waals surface area contributed by atoms with Gasteiger partial charge in [0.1, 0.15) is 11.4 Å². The van der Waals surface area contributed by atoms with Gasteiger partial charge in [-0.2, -0.15) is 0 Å². The summed E-state index contributed by atoms with van der Waals surface area (Å²) in [4.78, 5) is 45.9. The van der Waals surface area contributed by atoms with Crippen molar-refractivity contribution in [3.63, 3.8) is 0 Å². The van der Waals surface area contributed by atoms with Gasteiger partial charge in [0.05, 0.1) is 33.4 Å². The van der Waals surface area contributed by atoms with Crippen molar-refractivity contribution in [2.24, 2.45) is 0 Å². The van der Waals surface area contributed by atoms with Crippen molar-refractivity contribution in [1.29, 1.82) is 0 Å². The summed E-state index contributed by atoms with van der Waals surface area (Å²) in [5, 5.41) is 14.8. The van der Waals surface area contributed by atoms with Gasteiger partial charge in [-0.05, 0) is 48.7 Å². The van der Waals surface area contributed by atoms with Crippen LogP contribution >= 0.6 is 34.8 Å². The second kappa shape index (κ2) is 16.2. The number of nitrogens with zero attached hydrogens (tertiary/aromatic N) is 3. The first-order valence-corrected chi connectivity index (χ1v) is 19.6. The Kier molecular flexibility index (Phi) is 11.0. The molecule has 5 heterocycles. The monoisotopic (exact) mass is 809 g/mol. The molecule has 0 bridgehead atoms. The van der Waals surface area contributed by atoms with Crippen LogP contribution in [0.4, 0.5) is 0 Å². The smallest absolute Gasteiger partial charge is 0.262 e. The minimum absolute atomic E-state index is 0.0571. The number of ether oxygens (including phenoxy) is 1. The summed E-state index contributed by atoms with van der Waals surface area (Å²) in [5.74, 6) is 0.814. The second-order valence-electron chi connectivity index (χ2n) is 14.1. The Morgan fingerprint density at radius 3 is 2.05 bits per heavy atom. The number of methoxy groups -OCH3 is 1. The van der Waals surface area contributed by atoms with Crippen LogP contribution in [-0.2, 0) is 22.7 Å². The zero-order valence-corrected chi connectivity index (χ0v) is 32.7. The molecule has 0 unspecified atom stereocenters. The number of fused-ring (bicyclic) bond motifs is 2. The minimum atomic E-state index is -0.167. The number of amides is 2. The third-order valence-electron chi connectivity index (χ3n) is 10.4. The average Bonchev–Trinajstić information content (AvgIpc) is 3.82. The maximum absolute atomic E-state index is 13.3. The zero-order valence-electron chi connectivity index (χ0n) is 30.4. The van der Waals surface area contributed by atoms with Crippen LogP contribution in [0.3, 0.4) is 0 Å². The third-order valence-corrected chi connectivity index (χ3v) is 11.5. The van der Waals surface area contributed by atoms with Gasteiger partial charge in [-0.3, -0.25) is 18.8 Å². The molecule has 0 radical (unpaired) electrons. The molecule has 0 aliphatic carbocycles. The number of carbonyl (C=O) groups is 2. The molecule has 3 aromatic carbocycles. The Balaban J connectivity index is 1.04. The quantitative estimate of drug-likeness (QED) is 0.104. The van der Waals surface area contributed by atoms with Gasteiger partial charge < -0.3 is 26.0 Å². The molecule has 8 rings (SSSR count). The number of pyridine rings is 2. The Labute approximate surface area is 337 Å². The standard InChI is InChI=1S/C42H38Cl3N7O4/c1-56-41-24(18-46-21-26-8-12-36(53)49-26)16-33(43)40-32(41)10-11-34(51-40)31-7-3-6-30(39(31)45)29-5-2-4-28(38(29)44)23-14-15-52-35(17-23)48-20-25(42(52)55)19-47-22-27-9-13-37(54)50-27/h2-7,10-11,14-17,20,26-27,46-47H,8-9,12-13,18-19,21-22H2,1H3,(H,49,53)(H,50,54)/t26-,27+/m0/s1. The van der Waals surface area contributed by atoms with E-state index in [9.17, 15) is 14.4 Å². The van der Waals surface area contributed by atoms with Gasteiger partial charge >= 0.3 is 0 Å². The first-order chi connectivity index (χ1) is 27.2. The van der Waals surface area contributed by atoms with E-state index in [0.29, 0.717) is 87.8 Å². The molecular weight excluding hydrogens is 773 g/mol. The fourth-order valence-corrected chi connectivity index (χ4v) is 8.47. The van der Waals surface area contributed by atoms with E-state index >= 15 is 0 Å². The lowest BCUT2D eigenvalue weighted by Gasteiger charge is -2.17. The summed E-state index contributed by atoms with van der Waals surface area (Å²) in [6.45, 7) is 2.09. The summed E-state index contributed by atoms with van der Waals surface area (Å²) in [6.07, 6.45) is 5.97. The average molecular weight is 811 g/mol. The molecule has 3 aromatic heterocycles. The van der Waals surface area contributed by atoms with Crippen LogP contribution in [0.2, 0.25) is 15.1 Å². The van der Waals surface area contributed by atoms with Crippen molar-refractivity contribution < 1.29 is 14.3 Å². The number of benzene rings is 3. The van der Waals surface area contributed by atoms with E-state index in [-0.39, 0.29) is 29.5 Å². The van der Waals surface area contributed by atoms with Crippen molar-refractivity contribution in [2.75, 3.05) is 20.2 Å². The lowest BCUT2D eigenvalue weighted by molar-refractivity contribution is -0.120. The number of carbonyl (C=O) groups excluding carboxylic acids is 2. The largest absolute Gasteiger partial charge is 0.496 e. The zero-order chi connectivity index (χ0) is 38.9. The summed E-state index contributed by atoms with van der Waals surface area (Å²) < 4.78 is 7.36. The highest BCUT2D eigenvalue weighted by Crippen LogP contribution is 2.43. The Hall–Kier alpha value is -5.04. The van der Waals surface area contributed by atoms with Gasteiger partial charge in [-0.25, -0.2) is 9.97 Å². The van der Waals surface area contributed by atoms with Crippen molar-refractivity contribution >= 4 is 63.2 Å². The summed E-state index contributed by atoms with van der Waals surface area (Å²) in [6, 6.07) is 21.1. The fourth-order valence-electron chi connectivity index (χ4n) is 7.53. The number of aromatic nitrogens is 3.